The number of halogens is 1. The highest BCUT2D eigenvalue weighted by molar-refractivity contribution is 9.10. The number of hydrogen-bond donors (Lipinski definition) is 0. The van der Waals surface area contributed by atoms with Crippen molar-refractivity contribution >= 4 is 31.9 Å². The molecule has 1 heterocycles. The molecule has 0 spiro atoms. The van der Waals surface area contributed by atoms with Gasteiger partial charge in [-0.2, -0.15) is 4.31 Å². The first-order valence-corrected chi connectivity index (χ1v) is 10.5. The van der Waals surface area contributed by atoms with E-state index in [9.17, 15) is 13.2 Å². The van der Waals surface area contributed by atoms with Crippen molar-refractivity contribution in [2.24, 2.45) is 0 Å². The summed E-state index contributed by atoms with van der Waals surface area (Å²) in [5.74, 6) is -0.595. The smallest absolute Gasteiger partial charge is 0.321 e. The number of benzene rings is 1. The molecule has 1 aromatic heterocycles. The van der Waals surface area contributed by atoms with Crippen LogP contribution in [0.3, 0.4) is 0 Å². The topological polar surface area (TPSA) is 76.6 Å². The molecule has 0 amide bonds. The van der Waals surface area contributed by atoms with Crippen LogP contribution in [-0.2, 0) is 32.5 Å². The molecular weight excluding hydrogens is 420 g/mol. The van der Waals surface area contributed by atoms with Gasteiger partial charge in [0.1, 0.15) is 6.54 Å². The highest BCUT2D eigenvalue weighted by atomic mass is 79.9. The standard InChI is InChI=1S/C18H21BrN2O4S/c1-3-14-11-15(19)8-9-17(14)26(23,24)21(13-18(22)25-4-2)12-16-7-5-6-10-20-16/h5-11H,3-4,12-13H2,1-2H3. The molecule has 0 aliphatic rings. The molecule has 26 heavy (non-hydrogen) atoms. The lowest BCUT2D eigenvalue weighted by molar-refractivity contribution is -0.143. The second-order valence-corrected chi connectivity index (χ2v) is 8.33. The molecule has 2 rings (SSSR count). The molecule has 140 valence electrons. The fraction of sp³-hybridized carbons (Fsp3) is 0.333. The molecule has 0 bridgehead atoms. The molecule has 8 heteroatoms. The summed E-state index contributed by atoms with van der Waals surface area (Å²) >= 11 is 3.36. The van der Waals surface area contributed by atoms with E-state index in [-0.39, 0.29) is 24.6 Å². The zero-order chi connectivity index (χ0) is 19.2. The largest absolute Gasteiger partial charge is 0.465 e. The van der Waals surface area contributed by atoms with E-state index in [0.717, 1.165) is 8.78 Å². The van der Waals surface area contributed by atoms with Gasteiger partial charge in [-0.1, -0.05) is 28.9 Å². The Hall–Kier alpha value is -1.77. The summed E-state index contributed by atoms with van der Waals surface area (Å²) in [6, 6.07) is 10.2. The molecule has 0 saturated carbocycles. The molecular formula is C18H21BrN2O4S. The second kappa shape index (κ2) is 9.25. The molecule has 0 fully saturated rings. The number of aryl methyl sites for hydroxylation is 1. The average molecular weight is 441 g/mol. The van der Waals surface area contributed by atoms with E-state index in [0.29, 0.717) is 17.7 Å². The Bertz CT molecular complexity index is 857. The minimum Gasteiger partial charge on any atom is -0.465 e. The Morgan fingerprint density at radius 3 is 2.62 bits per heavy atom. The fourth-order valence-corrected chi connectivity index (χ4v) is 4.50. The molecule has 0 atom stereocenters. The number of hydrogen-bond acceptors (Lipinski definition) is 5. The summed E-state index contributed by atoms with van der Waals surface area (Å²) in [7, 11) is -3.90. The van der Waals surface area contributed by atoms with Crippen LogP contribution < -0.4 is 0 Å². The lowest BCUT2D eigenvalue weighted by atomic mass is 10.2. The van der Waals surface area contributed by atoms with Crippen LogP contribution >= 0.6 is 15.9 Å². The zero-order valence-electron chi connectivity index (χ0n) is 14.7. The van der Waals surface area contributed by atoms with Crippen LogP contribution in [0.4, 0.5) is 0 Å². The third-order valence-electron chi connectivity index (χ3n) is 3.70. The van der Waals surface area contributed by atoms with Crippen LogP contribution in [0.5, 0.6) is 0 Å². The van der Waals surface area contributed by atoms with E-state index < -0.39 is 16.0 Å². The first-order chi connectivity index (χ1) is 12.4. The monoisotopic (exact) mass is 440 g/mol. The summed E-state index contributed by atoms with van der Waals surface area (Å²) in [4.78, 5) is 16.3. The average Bonchev–Trinajstić information content (AvgIpc) is 2.62. The van der Waals surface area contributed by atoms with Crippen LogP contribution in [0.2, 0.25) is 0 Å². The van der Waals surface area contributed by atoms with Gasteiger partial charge >= 0.3 is 5.97 Å². The lowest BCUT2D eigenvalue weighted by Crippen LogP contribution is -2.36. The fourth-order valence-electron chi connectivity index (χ4n) is 2.46. The van der Waals surface area contributed by atoms with Gasteiger partial charge < -0.3 is 4.74 Å². The van der Waals surface area contributed by atoms with Crippen molar-refractivity contribution in [1.29, 1.82) is 0 Å². The quantitative estimate of drug-likeness (QED) is 0.589. The highest BCUT2D eigenvalue weighted by Crippen LogP contribution is 2.25. The summed E-state index contributed by atoms with van der Waals surface area (Å²) in [5, 5.41) is 0. The predicted octanol–water partition coefficient (Wildman–Crippen LogP) is 3.16. The van der Waals surface area contributed by atoms with Crippen molar-refractivity contribution in [1.82, 2.24) is 9.29 Å². The third kappa shape index (κ3) is 5.12. The Labute approximate surface area is 162 Å². The number of nitrogens with zero attached hydrogens (tertiary/aromatic N) is 2. The van der Waals surface area contributed by atoms with Crippen LogP contribution in [0.15, 0.2) is 52.0 Å². The number of sulfonamides is 1. The number of ether oxygens (including phenoxy) is 1. The van der Waals surface area contributed by atoms with Gasteiger partial charge in [-0.05, 0) is 49.2 Å². The number of esters is 1. The van der Waals surface area contributed by atoms with Crippen molar-refractivity contribution in [2.45, 2.75) is 31.7 Å². The lowest BCUT2D eigenvalue weighted by Gasteiger charge is -2.22. The van der Waals surface area contributed by atoms with Gasteiger partial charge in [0.15, 0.2) is 0 Å². The van der Waals surface area contributed by atoms with Gasteiger partial charge in [0.05, 0.1) is 23.7 Å². The summed E-state index contributed by atoms with van der Waals surface area (Å²) in [6.07, 6.45) is 2.13. The molecule has 0 aliphatic heterocycles. The Kier molecular flexibility index (Phi) is 7.31. The molecule has 0 saturated heterocycles. The molecule has 6 nitrogen and oxygen atoms in total. The maximum Gasteiger partial charge on any atom is 0.321 e. The van der Waals surface area contributed by atoms with Crippen molar-refractivity contribution in [3.05, 3.63) is 58.3 Å². The molecule has 0 N–H and O–H groups in total. The van der Waals surface area contributed by atoms with Crippen LogP contribution in [0.25, 0.3) is 0 Å². The number of rotatable bonds is 8. The summed E-state index contributed by atoms with van der Waals surface area (Å²) in [5.41, 5.74) is 1.23. The van der Waals surface area contributed by atoms with Crippen LogP contribution in [0, 0.1) is 0 Å². The first kappa shape index (κ1) is 20.5. The Balaban J connectivity index is 2.43. The minimum atomic E-state index is -3.90. The first-order valence-electron chi connectivity index (χ1n) is 8.22. The second-order valence-electron chi connectivity index (χ2n) is 5.50. The van der Waals surface area contributed by atoms with E-state index in [1.165, 1.54) is 0 Å². The molecule has 0 aliphatic carbocycles. The van der Waals surface area contributed by atoms with Gasteiger partial charge in [0.25, 0.3) is 0 Å². The van der Waals surface area contributed by atoms with Crippen molar-refractivity contribution in [3.8, 4) is 0 Å². The van der Waals surface area contributed by atoms with Gasteiger partial charge in [-0.3, -0.25) is 9.78 Å². The van der Waals surface area contributed by atoms with E-state index in [2.05, 4.69) is 20.9 Å². The van der Waals surface area contributed by atoms with Crippen molar-refractivity contribution < 1.29 is 17.9 Å². The van der Waals surface area contributed by atoms with Crippen molar-refractivity contribution in [3.63, 3.8) is 0 Å². The molecule has 0 radical (unpaired) electrons. The van der Waals surface area contributed by atoms with E-state index in [4.69, 9.17) is 4.74 Å². The van der Waals surface area contributed by atoms with Crippen LogP contribution in [-0.4, -0.2) is 36.8 Å². The van der Waals surface area contributed by atoms with Crippen molar-refractivity contribution in [2.75, 3.05) is 13.2 Å². The number of aromatic nitrogens is 1. The maximum atomic E-state index is 13.2. The minimum absolute atomic E-state index is 0.0127. The Morgan fingerprint density at radius 2 is 2.00 bits per heavy atom. The number of pyridine rings is 1. The summed E-state index contributed by atoms with van der Waals surface area (Å²) in [6.45, 7) is 3.37. The van der Waals surface area contributed by atoms with Gasteiger partial charge in [0, 0.05) is 10.7 Å². The van der Waals surface area contributed by atoms with E-state index >= 15 is 0 Å². The predicted molar refractivity (Wildman–Crippen MR) is 102 cm³/mol. The zero-order valence-corrected chi connectivity index (χ0v) is 17.1. The van der Waals surface area contributed by atoms with Gasteiger partial charge in [-0.25, -0.2) is 8.42 Å². The summed E-state index contributed by atoms with van der Waals surface area (Å²) < 4.78 is 33.3. The normalized spacial score (nSPS) is 11.5. The van der Waals surface area contributed by atoms with Gasteiger partial charge in [-0.15, -0.1) is 0 Å². The number of carbonyl (C=O) groups is 1. The SMILES string of the molecule is CCOC(=O)CN(Cc1ccccn1)S(=O)(=O)c1ccc(Br)cc1CC. The van der Waals surface area contributed by atoms with Crippen LogP contribution in [0.1, 0.15) is 25.1 Å². The Morgan fingerprint density at radius 1 is 1.23 bits per heavy atom. The van der Waals surface area contributed by atoms with E-state index in [1.54, 1.807) is 49.5 Å². The molecule has 2 aromatic rings. The maximum absolute atomic E-state index is 13.2. The molecule has 0 unspecified atom stereocenters. The number of carbonyl (C=O) groups excluding carboxylic acids is 1. The highest BCUT2D eigenvalue weighted by Gasteiger charge is 2.29. The molecule has 1 aromatic carbocycles. The van der Waals surface area contributed by atoms with E-state index in [1.807, 2.05) is 6.92 Å². The van der Waals surface area contributed by atoms with Gasteiger partial charge in [0.2, 0.25) is 10.0 Å². The third-order valence-corrected chi connectivity index (χ3v) is 6.08.